The van der Waals surface area contributed by atoms with Crippen LogP contribution in [0.1, 0.15) is 12.5 Å². The summed E-state index contributed by atoms with van der Waals surface area (Å²) in [6, 6.07) is 14.1. The van der Waals surface area contributed by atoms with Crippen LogP contribution in [0.3, 0.4) is 0 Å². The summed E-state index contributed by atoms with van der Waals surface area (Å²) < 4.78 is 5.35. The number of halogens is 1. The van der Waals surface area contributed by atoms with Crippen molar-refractivity contribution in [2.24, 2.45) is 0 Å². The second-order valence-electron chi connectivity index (χ2n) is 4.66. The monoisotopic (exact) mass is 329 g/mol. The van der Waals surface area contributed by atoms with Gasteiger partial charge in [-0.2, -0.15) is 5.26 Å². The van der Waals surface area contributed by atoms with Gasteiger partial charge in [0.25, 0.3) is 0 Å². The molecule has 2 rings (SSSR count). The van der Waals surface area contributed by atoms with E-state index in [1.807, 2.05) is 37.3 Å². The predicted octanol–water partition coefficient (Wildman–Crippen LogP) is 3.66. The minimum absolute atomic E-state index is 0.0748. The van der Waals surface area contributed by atoms with E-state index in [0.29, 0.717) is 22.9 Å². The van der Waals surface area contributed by atoms with Crippen LogP contribution >= 0.6 is 11.6 Å². The third-order valence-corrected chi connectivity index (χ3v) is 3.23. The first-order chi connectivity index (χ1) is 11.1. The third kappa shape index (κ3) is 4.90. The smallest absolute Gasteiger partial charge is 0.243 e. The van der Waals surface area contributed by atoms with Crippen molar-refractivity contribution in [1.29, 1.82) is 5.26 Å². The average Bonchev–Trinajstić information content (AvgIpc) is 2.55. The van der Waals surface area contributed by atoms with Crippen LogP contribution in [0.15, 0.2) is 42.5 Å². The number of rotatable bonds is 6. The number of hydrogen-bond acceptors (Lipinski definition) is 4. The first-order valence-electron chi connectivity index (χ1n) is 7.08. The molecule has 2 aromatic rings. The van der Waals surface area contributed by atoms with E-state index in [2.05, 4.69) is 10.6 Å². The van der Waals surface area contributed by atoms with Gasteiger partial charge >= 0.3 is 0 Å². The molecule has 1 amide bonds. The average molecular weight is 330 g/mol. The van der Waals surface area contributed by atoms with Gasteiger partial charge < -0.3 is 15.4 Å². The normalized spacial score (nSPS) is 9.78. The molecule has 0 bridgehead atoms. The van der Waals surface area contributed by atoms with Crippen molar-refractivity contribution in [3.8, 4) is 11.8 Å². The van der Waals surface area contributed by atoms with Crippen molar-refractivity contribution in [3.63, 3.8) is 0 Å². The number of nitrogens with one attached hydrogen (secondary N) is 2. The van der Waals surface area contributed by atoms with Gasteiger partial charge in [0.2, 0.25) is 5.91 Å². The molecule has 0 saturated carbocycles. The number of nitriles is 1. The third-order valence-electron chi connectivity index (χ3n) is 2.99. The second kappa shape index (κ2) is 8.06. The Morgan fingerprint density at radius 2 is 2.00 bits per heavy atom. The van der Waals surface area contributed by atoms with Crippen LogP contribution in [0.2, 0.25) is 5.02 Å². The Balaban J connectivity index is 1.93. The number of hydrogen-bond donors (Lipinski definition) is 2. The Kier molecular flexibility index (Phi) is 5.84. The molecule has 0 aliphatic heterocycles. The van der Waals surface area contributed by atoms with Crippen LogP contribution in [-0.2, 0) is 4.79 Å². The molecule has 23 heavy (non-hydrogen) atoms. The molecule has 0 saturated heterocycles. The van der Waals surface area contributed by atoms with E-state index in [-0.39, 0.29) is 12.5 Å². The number of ether oxygens (including phenoxy) is 1. The van der Waals surface area contributed by atoms with E-state index < -0.39 is 0 Å². The highest BCUT2D eigenvalue weighted by atomic mass is 35.5. The van der Waals surface area contributed by atoms with Crippen LogP contribution in [0.5, 0.6) is 5.75 Å². The van der Waals surface area contributed by atoms with Crippen molar-refractivity contribution >= 4 is 28.9 Å². The van der Waals surface area contributed by atoms with Crippen molar-refractivity contribution < 1.29 is 9.53 Å². The Bertz CT molecular complexity index is 724. The molecule has 0 atom stereocenters. The number of amides is 1. The molecule has 0 aromatic heterocycles. The zero-order valence-corrected chi connectivity index (χ0v) is 13.4. The molecule has 2 aromatic carbocycles. The van der Waals surface area contributed by atoms with Gasteiger partial charge in [-0.05, 0) is 49.4 Å². The maximum absolute atomic E-state index is 12.0. The molecule has 2 N–H and O–H groups in total. The fourth-order valence-corrected chi connectivity index (χ4v) is 2.10. The molecule has 0 unspecified atom stereocenters. The highest BCUT2D eigenvalue weighted by molar-refractivity contribution is 6.31. The summed E-state index contributed by atoms with van der Waals surface area (Å²) in [6.07, 6.45) is 0. The van der Waals surface area contributed by atoms with Gasteiger partial charge in [-0.25, -0.2) is 0 Å². The Morgan fingerprint density at radius 1 is 1.26 bits per heavy atom. The lowest BCUT2D eigenvalue weighted by molar-refractivity contribution is -0.114. The topological polar surface area (TPSA) is 74.2 Å². The fraction of sp³-hybridized carbons (Fsp3) is 0.176. The molecule has 6 heteroatoms. The zero-order chi connectivity index (χ0) is 16.7. The Morgan fingerprint density at radius 3 is 2.65 bits per heavy atom. The molecule has 5 nitrogen and oxygen atoms in total. The lowest BCUT2D eigenvalue weighted by Crippen LogP contribution is -2.22. The van der Waals surface area contributed by atoms with Crippen molar-refractivity contribution in [3.05, 3.63) is 53.1 Å². The Labute approximate surface area is 139 Å². The summed E-state index contributed by atoms with van der Waals surface area (Å²) in [5.41, 5.74) is 1.57. The molecular formula is C17H16ClN3O2. The number of anilines is 2. The highest BCUT2D eigenvalue weighted by Gasteiger charge is 2.07. The first-order valence-corrected chi connectivity index (χ1v) is 7.46. The number of carbonyl (C=O) groups is 1. The maximum Gasteiger partial charge on any atom is 0.243 e. The second-order valence-corrected chi connectivity index (χ2v) is 5.10. The molecule has 0 heterocycles. The Hall–Kier alpha value is -2.71. The minimum atomic E-state index is -0.266. The molecule has 0 aliphatic carbocycles. The van der Waals surface area contributed by atoms with Gasteiger partial charge in [0.15, 0.2) is 0 Å². The van der Waals surface area contributed by atoms with Crippen molar-refractivity contribution in [2.45, 2.75) is 6.92 Å². The van der Waals surface area contributed by atoms with Crippen molar-refractivity contribution in [2.75, 3.05) is 23.8 Å². The summed E-state index contributed by atoms with van der Waals surface area (Å²) in [7, 11) is 0. The van der Waals surface area contributed by atoms with Gasteiger partial charge in [-0.3, -0.25) is 4.79 Å². The lowest BCUT2D eigenvalue weighted by Gasteiger charge is -2.10. The largest absolute Gasteiger partial charge is 0.494 e. The number of benzene rings is 2. The summed E-state index contributed by atoms with van der Waals surface area (Å²) in [6.45, 7) is 2.60. The minimum Gasteiger partial charge on any atom is -0.494 e. The quantitative estimate of drug-likeness (QED) is 0.848. The number of nitrogens with zero attached hydrogens (tertiary/aromatic N) is 1. The molecule has 118 valence electrons. The molecule has 0 aliphatic rings. The summed E-state index contributed by atoms with van der Waals surface area (Å²) in [5, 5.41) is 15.2. The van der Waals surface area contributed by atoms with Crippen LogP contribution in [-0.4, -0.2) is 19.1 Å². The fourth-order valence-electron chi connectivity index (χ4n) is 1.93. The van der Waals surface area contributed by atoms with Crippen LogP contribution < -0.4 is 15.4 Å². The van der Waals surface area contributed by atoms with Gasteiger partial charge in [0.05, 0.1) is 24.4 Å². The van der Waals surface area contributed by atoms with E-state index in [4.69, 9.17) is 21.6 Å². The van der Waals surface area contributed by atoms with Gasteiger partial charge in [0, 0.05) is 10.7 Å². The molecule has 0 fully saturated rings. The summed E-state index contributed by atoms with van der Waals surface area (Å²) in [4.78, 5) is 12.0. The van der Waals surface area contributed by atoms with Gasteiger partial charge in [0.1, 0.15) is 11.8 Å². The van der Waals surface area contributed by atoms with Crippen LogP contribution in [0, 0.1) is 11.3 Å². The SMILES string of the molecule is CCOc1ccc(NCC(=O)Nc2cc(Cl)ccc2C#N)cc1. The number of carbonyl (C=O) groups excluding carboxylic acids is 1. The van der Waals surface area contributed by atoms with E-state index in [9.17, 15) is 4.79 Å². The van der Waals surface area contributed by atoms with Crippen molar-refractivity contribution in [1.82, 2.24) is 0 Å². The van der Waals surface area contributed by atoms with Crippen LogP contribution in [0.25, 0.3) is 0 Å². The van der Waals surface area contributed by atoms with Crippen LogP contribution in [0.4, 0.5) is 11.4 Å². The van der Waals surface area contributed by atoms with E-state index in [1.54, 1.807) is 18.2 Å². The predicted molar refractivity (Wildman–Crippen MR) is 90.9 cm³/mol. The maximum atomic E-state index is 12.0. The van der Waals surface area contributed by atoms with Gasteiger partial charge in [-0.1, -0.05) is 11.6 Å². The van der Waals surface area contributed by atoms with Gasteiger partial charge in [-0.15, -0.1) is 0 Å². The summed E-state index contributed by atoms with van der Waals surface area (Å²) >= 11 is 5.88. The molecule has 0 radical (unpaired) electrons. The zero-order valence-electron chi connectivity index (χ0n) is 12.6. The summed E-state index contributed by atoms with van der Waals surface area (Å²) in [5.74, 6) is 0.512. The van der Waals surface area contributed by atoms with E-state index in [0.717, 1.165) is 11.4 Å². The standard InChI is InChI=1S/C17H16ClN3O2/c1-2-23-15-7-5-14(6-8-15)20-11-17(22)21-16-9-13(18)4-3-12(16)10-19/h3-9,20H,2,11H2,1H3,(H,21,22). The first kappa shape index (κ1) is 16.7. The highest BCUT2D eigenvalue weighted by Crippen LogP contribution is 2.20. The van der Waals surface area contributed by atoms with E-state index >= 15 is 0 Å². The molecular weight excluding hydrogens is 314 g/mol. The van der Waals surface area contributed by atoms with E-state index in [1.165, 1.54) is 0 Å². The lowest BCUT2D eigenvalue weighted by atomic mass is 10.2. The molecule has 0 spiro atoms.